The molecular formula is C18H21N5O3. The Morgan fingerprint density at radius 2 is 2.04 bits per heavy atom. The summed E-state index contributed by atoms with van der Waals surface area (Å²) in [5, 5.41) is 6.81. The largest absolute Gasteiger partial charge is 0.341 e. The highest BCUT2D eigenvalue weighted by molar-refractivity contribution is 6.10. The molecule has 8 heteroatoms. The second-order valence-electron chi connectivity index (χ2n) is 6.32. The molecule has 0 atom stereocenters. The number of carbonyl (C=O) groups is 3. The van der Waals surface area contributed by atoms with E-state index >= 15 is 0 Å². The summed E-state index contributed by atoms with van der Waals surface area (Å²) in [4.78, 5) is 39.7. The summed E-state index contributed by atoms with van der Waals surface area (Å²) in [5.74, 6) is -0.607. The third kappa shape index (κ3) is 3.90. The van der Waals surface area contributed by atoms with E-state index in [1.54, 1.807) is 41.0 Å². The fraction of sp³-hybridized carbons (Fsp3) is 0.333. The van der Waals surface area contributed by atoms with E-state index in [1.165, 1.54) is 4.90 Å². The van der Waals surface area contributed by atoms with Crippen molar-refractivity contribution in [3.63, 3.8) is 0 Å². The zero-order valence-corrected chi connectivity index (χ0v) is 14.8. The molecule has 0 bridgehead atoms. The van der Waals surface area contributed by atoms with Crippen molar-refractivity contribution >= 4 is 29.1 Å². The van der Waals surface area contributed by atoms with E-state index in [4.69, 9.17) is 0 Å². The first-order valence-corrected chi connectivity index (χ1v) is 8.35. The number of nitrogens with zero attached hydrogens (tertiary/aromatic N) is 4. The van der Waals surface area contributed by atoms with Gasteiger partial charge in [-0.25, -0.2) is 0 Å². The van der Waals surface area contributed by atoms with Crippen LogP contribution >= 0.6 is 0 Å². The van der Waals surface area contributed by atoms with Gasteiger partial charge in [-0.1, -0.05) is 12.1 Å². The Morgan fingerprint density at radius 1 is 1.27 bits per heavy atom. The van der Waals surface area contributed by atoms with Crippen molar-refractivity contribution in [3.05, 3.63) is 42.2 Å². The molecule has 0 saturated carbocycles. The second kappa shape index (κ2) is 7.38. The molecule has 2 heterocycles. The van der Waals surface area contributed by atoms with E-state index in [-0.39, 0.29) is 37.1 Å². The van der Waals surface area contributed by atoms with Crippen LogP contribution in [-0.4, -0.2) is 46.0 Å². The van der Waals surface area contributed by atoms with Crippen LogP contribution in [0.2, 0.25) is 0 Å². The number of amides is 3. The summed E-state index contributed by atoms with van der Waals surface area (Å²) < 4.78 is 1.68. The van der Waals surface area contributed by atoms with E-state index in [9.17, 15) is 14.4 Å². The Balaban J connectivity index is 1.58. The quantitative estimate of drug-likeness (QED) is 0.871. The Kier molecular flexibility index (Phi) is 5.01. The third-order valence-corrected chi connectivity index (χ3v) is 4.23. The molecule has 1 aromatic heterocycles. The molecule has 8 nitrogen and oxygen atoms in total. The van der Waals surface area contributed by atoms with Crippen LogP contribution in [-0.2, 0) is 28.0 Å². The van der Waals surface area contributed by atoms with E-state index in [1.807, 2.05) is 19.3 Å². The van der Waals surface area contributed by atoms with Gasteiger partial charge in [0.15, 0.2) is 0 Å². The molecule has 136 valence electrons. The van der Waals surface area contributed by atoms with Crippen LogP contribution in [0.4, 0.5) is 11.4 Å². The minimum atomic E-state index is -0.240. The fourth-order valence-electron chi connectivity index (χ4n) is 2.91. The lowest BCUT2D eigenvalue weighted by molar-refractivity contribution is -0.132. The van der Waals surface area contributed by atoms with Crippen molar-refractivity contribution in [2.45, 2.75) is 19.4 Å². The van der Waals surface area contributed by atoms with Crippen LogP contribution in [0.25, 0.3) is 0 Å². The van der Waals surface area contributed by atoms with Crippen molar-refractivity contribution in [3.8, 4) is 0 Å². The first-order valence-electron chi connectivity index (χ1n) is 8.35. The van der Waals surface area contributed by atoms with Gasteiger partial charge in [0.1, 0.15) is 6.54 Å². The van der Waals surface area contributed by atoms with Crippen molar-refractivity contribution < 1.29 is 14.4 Å². The number of carbonyl (C=O) groups excluding carboxylic acids is 3. The number of anilines is 2. The van der Waals surface area contributed by atoms with E-state index in [2.05, 4.69) is 10.4 Å². The topological polar surface area (TPSA) is 87.5 Å². The Hall–Kier alpha value is -3.16. The monoisotopic (exact) mass is 355 g/mol. The van der Waals surface area contributed by atoms with Crippen molar-refractivity contribution in [1.82, 2.24) is 14.7 Å². The highest BCUT2D eigenvalue weighted by Gasteiger charge is 2.26. The number of aromatic nitrogens is 2. The molecule has 1 aliphatic heterocycles. The number of hydrogen-bond acceptors (Lipinski definition) is 4. The lowest BCUT2D eigenvalue weighted by Gasteiger charge is -2.29. The van der Waals surface area contributed by atoms with Crippen LogP contribution in [0.3, 0.4) is 0 Å². The van der Waals surface area contributed by atoms with Gasteiger partial charge >= 0.3 is 0 Å². The third-order valence-electron chi connectivity index (χ3n) is 4.23. The molecule has 1 aliphatic rings. The molecular weight excluding hydrogens is 334 g/mol. The maximum absolute atomic E-state index is 12.6. The zero-order chi connectivity index (χ0) is 18.7. The highest BCUT2D eigenvalue weighted by atomic mass is 16.2. The van der Waals surface area contributed by atoms with Gasteiger partial charge in [-0.05, 0) is 12.1 Å². The molecule has 0 saturated heterocycles. The molecule has 0 fully saturated rings. The van der Waals surface area contributed by atoms with Gasteiger partial charge in [0.05, 0.1) is 17.6 Å². The average Bonchev–Trinajstić information content (AvgIpc) is 3.03. The summed E-state index contributed by atoms with van der Waals surface area (Å²) in [6.45, 7) is 0.408. The minimum Gasteiger partial charge on any atom is -0.341 e. The second-order valence-corrected chi connectivity index (χ2v) is 6.32. The molecule has 1 N–H and O–H groups in total. The van der Waals surface area contributed by atoms with Crippen LogP contribution < -0.4 is 10.2 Å². The summed E-state index contributed by atoms with van der Waals surface area (Å²) in [5.41, 5.74) is 2.20. The summed E-state index contributed by atoms with van der Waals surface area (Å²) in [6.07, 6.45) is 3.70. The smallest absolute Gasteiger partial charge is 0.244 e. The molecule has 0 aliphatic carbocycles. The molecule has 0 unspecified atom stereocenters. The number of rotatable bonds is 5. The fourth-order valence-corrected chi connectivity index (χ4v) is 2.91. The lowest BCUT2D eigenvalue weighted by Crippen LogP contribution is -2.42. The maximum Gasteiger partial charge on any atom is 0.244 e. The first kappa shape index (κ1) is 17.7. The number of nitrogens with one attached hydrogen (secondary N) is 1. The van der Waals surface area contributed by atoms with Gasteiger partial charge in [-0.3, -0.25) is 19.1 Å². The van der Waals surface area contributed by atoms with Gasteiger partial charge in [0.2, 0.25) is 17.7 Å². The number of fused-ring (bicyclic) bond motifs is 1. The summed E-state index contributed by atoms with van der Waals surface area (Å²) in [6, 6.07) is 7.13. The summed E-state index contributed by atoms with van der Waals surface area (Å²) in [7, 11) is 3.51. The van der Waals surface area contributed by atoms with Crippen LogP contribution in [0.1, 0.15) is 18.4 Å². The van der Waals surface area contributed by atoms with Gasteiger partial charge < -0.3 is 15.1 Å². The van der Waals surface area contributed by atoms with Crippen LogP contribution in [0.5, 0.6) is 0 Å². The Labute approximate surface area is 151 Å². The molecule has 26 heavy (non-hydrogen) atoms. The molecule has 0 radical (unpaired) electrons. The first-order chi connectivity index (χ1) is 12.4. The Bertz CT molecular complexity index is 845. The number of hydrogen-bond donors (Lipinski definition) is 1. The molecule has 2 aromatic rings. The van der Waals surface area contributed by atoms with E-state index in [0.29, 0.717) is 17.9 Å². The minimum absolute atomic E-state index is 0.0322. The van der Waals surface area contributed by atoms with Crippen LogP contribution in [0.15, 0.2) is 36.7 Å². The van der Waals surface area contributed by atoms with Crippen molar-refractivity contribution in [2.24, 2.45) is 7.05 Å². The predicted octanol–water partition coefficient (Wildman–Crippen LogP) is 1.14. The Morgan fingerprint density at radius 3 is 2.77 bits per heavy atom. The summed E-state index contributed by atoms with van der Waals surface area (Å²) >= 11 is 0. The lowest BCUT2D eigenvalue weighted by atomic mass is 10.1. The van der Waals surface area contributed by atoms with Gasteiger partial charge in [-0.2, -0.15) is 5.10 Å². The zero-order valence-electron chi connectivity index (χ0n) is 14.8. The van der Waals surface area contributed by atoms with Crippen molar-refractivity contribution in [1.29, 1.82) is 0 Å². The molecule has 1 aromatic carbocycles. The normalized spacial score (nSPS) is 13.2. The van der Waals surface area contributed by atoms with Gasteiger partial charge in [-0.15, -0.1) is 0 Å². The standard InChI is InChI=1S/C18H21N5O3/c1-21(10-13-9-19-22(2)11-13)17(25)7-8-18(26)23-12-16(24)20-14-5-3-4-6-15(14)23/h3-6,9,11H,7-8,10,12H2,1-2H3,(H,20,24). The van der Waals surface area contributed by atoms with Gasteiger partial charge in [0, 0.05) is 45.2 Å². The van der Waals surface area contributed by atoms with E-state index in [0.717, 1.165) is 5.56 Å². The average molecular weight is 355 g/mol. The number of benzene rings is 1. The van der Waals surface area contributed by atoms with Crippen LogP contribution in [0, 0.1) is 0 Å². The molecule has 3 amide bonds. The molecule has 3 rings (SSSR count). The van der Waals surface area contributed by atoms with Gasteiger partial charge in [0.25, 0.3) is 0 Å². The number of aryl methyl sites for hydroxylation is 1. The number of para-hydroxylation sites is 2. The van der Waals surface area contributed by atoms with E-state index < -0.39 is 0 Å². The molecule has 0 spiro atoms. The highest BCUT2D eigenvalue weighted by Crippen LogP contribution is 2.29. The maximum atomic E-state index is 12.6. The SMILES string of the molecule is CN(Cc1cnn(C)c1)C(=O)CCC(=O)N1CC(=O)Nc2ccccc21. The predicted molar refractivity (Wildman–Crippen MR) is 96.3 cm³/mol. The van der Waals surface area contributed by atoms with Crippen molar-refractivity contribution in [2.75, 3.05) is 23.8 Å².